The van der Waals surface area contributed by atoms with Crippen molar-refractivity contribution in [3.05, 3.63) is 99.4 Å². The molecule has 1 amide bonds. The maximum Gasteiger partial charge on any atom is 0.266 e. The molecule has 0 spiro atoms. The van der Waals surface area contributed by atoms with Crippen LogP contribution in [-0.4, -0.2) is 5.91 Å². The lowest BCUT2D eigenvalue weighted by molar-refractivity contribution is 0.102. The Morgan fingerprint density at radius 2 is 1.69 bits per heavy atom. The van der Waals surface area contributed by atoms with Gasteiger partial charge in [0.2, 0.25) is 0 Å². The van der Waals surface area contributed by atoms with Crippen LogP contribution in [0, 0.1) is 13.8 Å². The molecular weight excluding hydrogens is 374 g/mol. The highest BCUT2D eigenvalue weighted by Gasteiger charge is 2.20. The second-order valence-electron chi connectivity index (χ2n) is 7.48. The number of hydrogen-bond acceptors (Lipinski definition) is 2. The lowest BCUT2D eigenvalue weighted by Crippen LogP contribution is -2.14. The van der Waals surface area contributed by atoms with Gasteiger partial charge in [-0.15, -0.1) is 11.3 Å². The summed E-state index contributed by atoms with van der Waals surface area (Å²) in [7, 11) is 0. The Kier molecular flexibility index (Phi) is 5.50. The Labute approximate surface area is 176 Å². The number of benzene rings is 3. The molecule has 0 aliphatic heterocycles. The number of rotatable bonds is 5. The standard InChI is InChI=1S/C26H25NOS/c1-4-20-9-7-8-18(3)24(20)27-26(28)25-22(16-19-14-12-17(2)13-15-19)21-10-5-6-11-23(21)29-25/h5-15H,4,16H2,1-3H3,(H,27,28). The fraction of sp³-hybridized carbons (Fsp3) is 0.192. The summed E-state index contributed by atoms with van der Waals surface area (Å²) < 4.78 is 1.15. The lowest BCUT2D eigenvalue weighted by atomic mass is 10.0. The van der Waals surface area contributed by atoms with E-state index in [1.807, 2.05) is 31.2 Å². The van der Waals surface area contributed by atoms with E-state index in [2.05, 4.69) is 61.6 Å². The first-order valence-corrected chi connectivity index (χ1v) is 10.8. The molecule has 1 aromatic heterocycles. The van der Waals surface area contributed by atoms with E-state index < -0.39 is 0 Å². The molecule has 0 saturated carbocycles. The van der Waals surface area contributed by atoms with E-state index in [1.54, 1.807) is 11.3 Å². The molecule has 146 valence electrons. The van der Waals surface area contributed by atoms with Gasteiger partial charge in [0.15, 0.2) is 0 Å². The first-order valence-electron chi connectivity index (χ1n) is 10.0. The first-order chi connectivity index (χ1) is 14.1. The van der Waals surface area contributed by atoms with Gasteiger partial charge in [-0.05, 0) is 60.4 Å². The van der Waals surface area contributed by atoms with Crippen LogP contribution in [0.5, 0.6) is 0 Å². The smallest absolute Gasteiger partial charge is 0.266 e. The van der Waals surface area contributed by atoms with Crippen molar-refractivity contribution in [3.8, 4) is 0 Å². The molecule has 0 saturated heterocycles. The molecule has 2 nitrogen and oxygen atoms in total. The van der Waals surface area contributed by atoms with Crippen molar-refractivity contribution in [2.24, 2.45) is 0 Å². The minimum atomic E-state index is -0.0164. The van der Waals surface area contributed by atoms with Crippen molar-refractivity contribution in [1.29, 1.82) is 0 Å². The van der Waals surface area contributed by atoms with Gasteiger partial charge >= 0.3 is 0 Å². The monoisotopic (exact) mass is 399 g/mol. The topological polar surface area (TPSA) is 29.1 Å². The normalized spacial score (nSPS) is 11.0. The van der Waals surface area contributed by atoms with Crippen LogP contribution >= 0.6 is 11.3 Å². The molecule has 3 heteroatoms. The molecule has 0 aliphatic rings. The number of aryl methyl sites for hydroxylation is 3. The predicted molar refractivity (Wildman–Crippen MR) is 124 cm³/mol. The third kappa shape index (κ3) is 3.96. The van der Waals surface area contributed by atoms with Gasteiger partial charge in [-0.3, -0.25) is 4.79 Å². The van der Waals surface area contributed by atoms with Gasteiger partial charge in [-0.25, -0.2) is 0 Å². The molecule has 0 bridgehead atoms. The Bertz CT molecular complexity index is 1170. The zero-order chi connectivity index (χ0) is 20.4. The summed E-state index contributed by atoms with van der Waals surface area (Å²) in [4.78, 5) is 14.2. The van der Waals surface area contributed by atoms with Crippen molar-refractivity contribution >= 4 is 33.0 Å². The lowest BCUT2D eigenvalue weighted by Gasteiger charge is -2.13. The molecule has 0 atom stereocenters. The molecule has 0 unspecified atom stereocenters. The summed E-state index contributed by atoms with van der Waals surface area (Å²) in [6.45, 7) is 6.26. The number of anilines is 1. The Morgan fingerprint density at radius 1 is 0.931 bits per heavy atom. The highest BCUT2D eigenvalue weighted by Crippen LogP contribution is 2.34. The van der Waals surface area contributed by atoms with Crippen LogP contribution in [0.25, 0.3) is 10.1 Å². The zero-order valence-corrected chi connectivity index (χ0v) is 17.9. The molecule has 1 heterocycles. The van der Waals surface area contributed by atoms with Crippen LogP contribution in [0.4, 0.5) is 5.69 Å². The van der Waals surface area contributed by atoms with Crippen LogP contribution in [0.2, 0.25) is 0 Å². The van der Waals surface area contributed by atoms with Crippen molar-refractivity contribution in [2.45, 2.75) is 33.6 Å². The SMILES string of the molecule is CCc1cccc(C)c1NC(=O)c1sc2ccccc2c1Cc1ccc(C)cc1. The van der Waals surface area contributed by atoms with E-state index in [-0.39, 0.29) is 5.91 Å². The van der Waals surface area contributed by atoms with E-state index in [1.165, 1.54) is 22.1 Å². The molecule has 4 aromatic rings. The summed E-state index contributed by atoms with van der Waals surface area (Å²) in [6, 6.07) is 23.0. The number of amides is 1. The van der Waals surface area contributed by atoms with Gasteiger partial charge in [0.05, 0.1) is 4.88 Å². The summed E-state index contributed by atoms with van der Waals surface area (Å²) in [6.07, 6.45) is 1.64. The summed E-state index contributed by atoms with van der Waals surface area (Å²) in [5, 5.41) is 4.38. The molecule has 1 N–H and O–H groups in total. The summed E-state index contributed by atoms with van der Waals surface area (Å²) >= 11 is 1.58. The van der Waals surface area contributed by atoms with E-state index in [4.69, 9.17) is 0 Å². The van der Waals surface area contributed by atoms with Crippen LogP contribution in [0.15, 0.2) is 66.7 Å². The molecule has 29 heavy (non-hydrogen) atoms. The van der Waals surface area contributed by atoms with Gasteiger partial charge in [0.25, 0.3) is 5.91 Å². The Morgan fingerprint density at radius 3 is 2.45 bits per heavy atom. The number of carbonyl (C=O) groups excluding carboxylic acids is 1. The minimum absolute atomic E-state index is 0.0164. The molecular formula is C26H25NOS. The first kappa shape index (κ1) is 19.4. The number of para-hydroxylation sites is 1. The maximum atomic E-state index is 13.4. The minimum Gasteiger partial charge on any atom is -0.321 e. The van der Waals surface area contributed by atoms with Crippen LogP contribution in [-0.2, 0) is 12.8 Å². The number of thiophene rings is 1. The van der Waals surface area contributed by atoms with Crippen molar-refractivity contribution in [1.82, 2.24) is 0 Å². The van der Waals surface area contributed by atoms with Crippen molar-refractivity contribution in [2.75, 3.05) is 5.32 Å². The summed E-state index contributed by atoms with van der Waals surface area (Å²) in [5.41, 5.74) is 6.78. The summed E-state index contributed by atoms with van der Waals surface area (Å²) in [5.74, 6) is -0.0164. The number of nitrogens with one attached hydrogen (secondary N) is 1. The second-order valence-corrected chi connectivity index (χ2v) is 8.54. The van der Waals surface area contributed by atoms with Crippen molar-refractivity contribution in [3.63, 3.8) is 0 Å². The van der Waals surface area contributed by atoms with Crippen LogP contribution < -0.4 is 5.32 Å². The van der Waals surface area contributed by atoms with Gasteiger partial charge in [0, 0.05) is 10.4 Å². The van der Waals surface area contributed by atoms with Gasteiger partial charge in [0.1, 0.15) is 0 Å². The molecule has 0 fully saturated rings. The van der Waals surface area contributed by atoms with Gasteiger partial charge in [-0.2, -0.15) is 0 Å². The quantitative estimate of drug-likeness (QED) is 0.387. The zero-order valence-electron chi connectivity index (χ0n) is 17.1. The van der Waals surface area contributed by atoms with E-state index in [0.717, 1.165) is 39.2 Å². The van der Waals surface area contributed by atoms with E-state index in [9.17, 15) is 4.79 Å². The average molecular weight is 400 g/mol. The fourth-order valence-corrected chi connectivity index (χ4v) is 4.86. The van der Waals surface area contributed by atoms with Crippen LogP contribution in [0.3, 0.4) is 0 Å². The molecule has 3 aromatic carbocycles. The largest absolute Gasteiger partial charge is 0.321 e. The Hall–Kier alpha value is -2.91. The Balaban J connectivity index is 1.75. The molecule has 4 rings (SSSR count). The van der Waals surface area contributed by atoms with Gasteiger partial charge < -0.3 is 5.32 Å². The van der Waals surface area contributed by atoms with E-state index in [0.29, 0.717) is 0 Å². The van der Waals surface area contributed by atoms with Crippen molar-refractivity contribution < 1.29 is 4.79 Å². The highest BCUT2D eigenvalue weighted by molar-refractivity contribution is 7.21. The number of carbonyl (C=O) groups is 1. The molecule has 0 aliphatic carbocycles. The third-order valence-electron chi connectivity index (χ3n) is 5.38. The number of fused-ring (bicyclic) bond motifs is 1. The van der Waals surface area contributed by atoms with Crippen LogP contribution in [0.1, 0.15) is 44.4 Å². The predicted octanol–water partition coefficient (Wildman–Crippen LogP) is 6.92. The number of hydrogen-bond donors (Lipinski definition) is 1. The third-order valence-corrected chi connectivity index (χ3v) is 6.60. The van der Waals surface area contributed by atoms with Gasteiger partial charge in [-0.1, -0.05) is 73.2 Å². The van der Waals surface area contributed by atoms with E-state index >= 15 is 0 Å². The average Bonchev–Trinajstić information content (AvgIpc) is 3.10. The fourth-order valence-electron chi connectivity index (χ4n) is 3.74. The highest BCUT2D eigenvalue weighted by atomic mass is 32.1. The second kappa shape index (κ2) is 8.22. The molecule has 0 radical (unpaired) electrons. The maximum absolute atomic E-state index is 13.4.